The van der Waals surface area contributed by atoms with Gasteiger partial charge < -0.3 is 20.3 Å². The van der Waals surface area contributed by atoms with Crippen LogP contribution in [0.5, 0.6) is 5.88 Å². The molecule has 1 aliphatic heterocycles. The molecule has 2 rings (SSSR count). The molecule has 2 heterocycles. The molecule has 1 aromatic heterocycles. The fraction of sp³-hybridized carbons (Fsp3) is 0.412. The second kappa shape index (κ2) is 8.28. The largest absolute Gasteiger partial charge is 0.468 e. The Labute approximate surface area is 159 Å². The van der Waals surface area contributed by atoms with E-state index in [-0.39, 0.29) is 12.4 Å². The lowest BCUT2D eigenvalue weighted by atomic mass is 10.1. The molecule has 0 bridgehead atoms. The topological polar surface area (TPSA) is 95.9 Å². The highest BCUT2D eigenvalue weighted by Crippen LogP contribution is 2.21. The van der Waals surface area contributed by atoms with Crippen molar-refractivity contribution < 1.29 is 27.5 Å². The molecule has 0 fully saturated rings. The number of alkyl halides is 3. The number of hydrogen-bond acceptors (Lipinski definition) is 6. The molecule has 1 aromatic rings. The minimum Gasteiger partial charge on any atom is -0.468 e. The first kappa shape index (κ1) is 21.2. The summed E-state index contributed by atoms with van der Waals surface area (Å²) in [5, 5.41) is 5.32. The molecular weight excluding hydrogens is 379 g/mol. The van der Waals surface area contributed by atoms with Gasteiger partial charge in [-0.1, -0.05) is 0 Å². The molecule has 2 N–H and O–H groups in total. The number of halogens is 3. The van der Waals surface area contributed by atoms with Crippen LogP contribution in [0.1, 0.15) is 18.1 Å². The number of hydrogen-bond donors (Lipinski definition) is 2. The second-order valence-corrected chi connectivity index (χ2v) is 6.26. The Kier molecular flexibility index (Phi) is 6.26. The van der Waals surface area contributed by atoms with Crippen LogP contribution in [-0.4, -0.2) is 53.4 Å². The van der Waals surface area contributed by atoms with E-state index in [0.717, 1.165) is 0 Å². The normalized spacial score (nSPS) is 18.4. The second-order valence-electron chi connectivity index (χ2n) is 6.26. The van der Waals surface area contributed by atoms with Crippen molar-refractivity contribution in [2.24, 2.45) is 4.99 Å². The monoisotopic (exact) mass is 399 g/mol. The molecule has 28 heavy (non-hydrogen) atoms. The molecule has 8 nitrogen and oxygen atoms in total. The molecule has 0 aromatic carbocycles. The molecule has 2 amide bonds. The molecule has 1 atom stereocenters. The number of rotatable bonds is 6. The summed E-state index contributed by atoms with van der Waals surface area (Å²) in [6.07, 6.45) is 1.02. The zero-order valence-electron chi connectivity index (χ0n) is 15.5. The first-order valence-electron chi connectivity index (χ1n) is 8.19. The predicted molar refractivity (Wildman–Crippen MR) is 94.3 cm³/mol. The molecule has 1 aliphatic rings. The van der Waals surface area contributed by atoms with E-state index in [1.54, 1.807) is 13.0 Å². The van der Waals surface area contributed by atoms with Crippen LogP contribution in [0.15, 0.2) is 29.7 Å². The quantitative estimate of drug-likeness (QED) is 0.751. The van der Waals surface area contributed by atoms with Gasteiger partial charge in [0, 0.05) is 44.7 Å². The smallest absolute Gasteiger partial charge is 0.422 e. The molecule has 0 aliphatic carbocycles. The lowest BCUT2D eigenvalue weighted by Gasteiger charge is -2.34. The fourth-order valence-electron chi connectivity index (χ4n) is 2.58. The average Bonchev–Trinajstić information content (AvgIpc) is 2.59. The van der Waals surface area contributed by atoms with Crippen molar-refractivity contribution in [1.29, 1.82) is 0 Å². The molecule has 0 spiro atoms. The zero-order chi connectivity index (χ0) is 20.9. The Balaban J connectivity index is 2.10. The molecule has 0 radical (unpaired) electrons. The third kappa shape index (κ3) is 5.44. The van der Waals surface area contributed by atoms with Crippen LogP contribution in [0.4, 0.5) is 13.2 Å². The van der Waals surface area contributed by atoms with Crippen molar-refractivity contribution in [2.75, 3.05) is 13.7 Å². The van der Waals surface area contributed by atoms with E-state index in [2.05, 4.69) is 25.3 Å². The number of likely N-dealkylation sites (N-methyl/N-ethyl adjacent to an activating group) is 1. The van der Waals surface area contributed by atoms with Crippen LogP contribution >= 0.6 is 0 Å². The summed E-state index contributed by atoms with van der Waals surface area (Å²) in [5.41, 5.74) is -0.540. The number of nitrogens with zero attached hydrogens (tertiary/aromatic N) is 3. The Bertz CT molecular complexity index is 810. The Hall–Kier alpha value is -3.11. The van der Waals surface area contributed by atoms with Gasteiger partial charge in [0.1, 0.15) is 0 Å². The number of nitrogens with one attached hydrogen (secondary N) is 2. The van der Waals surface area contributed by atoms with Crippen LogP contribution in [0.3, 0.4) is 0 Å². The number of ether oxygens (including phenoxy) is 1. The Morgan fingerprint density at radius 2 is 2.11 bits per heavy atom. The number of aromatic nitrogens is 1. The van der Waals surface area contributed by atoms with Crippen LogP contribution in [-0.2, 0) is 16.1 Å². The summed E-state index contributed by atoms with van der Waals surface area (Å²) in [5.74, 6) is -1.04. The maximum atomic E-state index is 12.9. The summed E-state index contributed by atoms with van der Waals surface area (Å²) in [7, 11) is 1.52. The van der Waals surface area contributed by atoms with Gasteiger partial charge in [0.15, 0.2) is 6.61 Å². The van der Waals surface area contributed by atoms with E-state index in [9.17, 15) is 22.8 Å². The van der Waals surface area contributed by atoms with Crippen molar-refractivity contribution in [3.05, 3.63) is 35.8 Å². The maximum Gasteiger partial charge on any atom is 0.422 e. The first-order valence-corrected chi connectivity index (χ1v) is 8.19. The number of amides is 2. The van der Waals surface area contributed by atoms with Crippen LogP contribution in [0, 0.1) is 6.92 Å². The first-order chi connectivity index (χ1) is 13.0. The summed E-state index contributed by atoms with van der Waals surface area (Å²) in [6.45, 7) is 1.50. The molecule has 11 heteroatoms. The highest BCUT2D eigenvalue weighted by molar-refractivity contribution is 6.06. The van der Waals surface area contributed by atoms with Crippen molar-refractivity contribution in [2.45, 2.75) is 32.2 Å². The van der Waals surface area contributed by atoms with Gasteiger partial charge >= 0.3 is 6.18 Å². The van der Waals surface area contributed by atoms with Gasteiger partial charge in [-0.15, -0.1) is 0 Å². The van der Waals surface area contributed by atoms with Crippen molar-refractivity contribution in [3.8, 4) is 5.88 Å². The molecule has 1 unspecified atom stereocenters. The van der Waals surface area contributed by atoms with Gasteiger partial charge in [-0.2, -0.15) is 13.2 Å². The number of aryl methyl sites for hydroxylation is 1. The number of pyridine rings is 1. The van der Waals surface area contributed by atoms with Crippen molar-refractivity contribution in [1.82, 2.24) is 20.5 Å². The Morgan fingerprint density at radius 3 is 2.64 bits per heavy atom. The lowest BCUT2D eigenvalue weighted by Crippen LogP contribution is -2.67. The summed E-state index contributed by atoms with van der Waals surface area (Å²) >= 11 is 0. The minimum atomic E-state index is -4.46. The predicted octanol–water partition coefficient (Wildman–Crippen LogP) is 1.27. The lowest BCUT2D eigenvalue weighted by molar-refractivity contribution is -0.154. The van der Waals surface area contributed by atoms with Gasteiger partial charge in [-0.05, 0) is 18.6 Å². The van der Waals surface area contributed by atoms with Crippen LogP contribution in [0.2, 0.25) is 0 Å². The van der Waals surface area contributed by atoms with Gasteiger partial charge in [0.05, 0.1) is 6.21 Å². The van der Waals surface area contributed by atoms with Gasteiger partial charge in [0.2, 0.25) is 17.5 Å². The Morgan fingerprint density at radius 1 is 1.39 bits per heavy atom. The summed E-state index contributed by atoms with van der Waals surface area (Å²) in [6, 6.07) is 1.58. The third-order valence-electron chi connectivity index (χ3n) is 3.68. The fourth-order valence-corrected chi connectivity index (χ4v) is 2.58. The minimum absolute atomic E-state index is 0.104. The van der Waals surface area contributed by atoms with Gasteiger partial charge in [0.25, 0.3) is 5.91 Å². The van der Waals surface area contributed by atoms with E-state index in [1.165, 1.54) is 43.7 Å². The van der Waals surface area contributed by atoms with Gasteiger partial charge in [-0.3, -0.25) is 14.6 Å². The highest BCUT2D eigenvalue weighted by atomic mass is 19.4. The van der Waals surface area contributed by atoms with Gasteiger partial charge in [-0.25, -0.2) is 4.98 Å². The zero-order valence-corrected chi connectivity index (χ0v) is 15.5. The molecule has 0 saturated carbocycles. The van der Waals surface area contributed by atoms with Crippen LogP contribution < -0.4 is 15.4 Å². The molecule has 0 saturated heterocycles. The van der Waals surface area contributed by atoms with E-state index in [4.69, 9.17) is 0 Å². The average molecular weight is 399 g/mol. The highest BCUT2D eigenvalue weighted by Gasteiger charge is 2.40. The number of aliphatic imine (C=N–C) groups is 1. The number of carbonyl (C=O) groups excluding carboxylic acids is 2. The number of carbonyl (C=O) groups is 2. The summed E-state index contributed by atoms with van der Waals surface area (Å²) < 4.78 is 41.5. The van der Waals surface area contributed by atoms with Crippen LogP contribution in [0.25, 0.3) is 0 Å². The molecular formula is C17H20F3N5O3. The van der Waals surface area contributed by atoms with E-state index < -0.39 is 30.3 Å². The van der Waals surface area contributed by atoms with E-state index in [1.807, 2.05) is 0 Å². The van der Waals surface area contributed by atoms with E-state index >= 15 is 0 Å². The van der Waals surface area contributed by atoms with E-state index in [0.29, 0.717) is 11.1 Å². The molecule has 152 valence electrons. The standard InChI is InChI=1S/C17H20F3N5O3/c1-11-6-13(7-22-14(11)28-10-17(18,19)20)8-25(3)15(27)16(24-12(2)26)9-21-4-5-23-16/h4-7,9,23H,8,10H2,1-3H3,(H,24,26). The third-order valence-corrected chi connectivity index (χ3v) is 3.68. The summed E-state index contributed by atoms with van der Waals surface area (Å²) in [4.78, 5) is 33.5. The van der Waals surface area contributed by atoms with Crippen molar-refractivity contribution in [3.63, 3.8) is 0 Å². The maximum absolute atomic E-state index is 12.9. The van der Waals surface area contributed by atoms with Crippen molar-refractivity contribution >= 4 is 18.0 Å². The SMILES string of the molecule is CC(=O)NC1(C(=O)N(C)Cc2cnc(OCC(F)(F)F)c(C)c2)C=NC=CN1.